The average Bonchev–Trinajstić information content (AvgIpc) is 2.65. The third-order valence-corrected chi connectivity index (χ3v) is 4.00. The quantitative estimate of drug-likeness (QED) is 0.731. The first-order valence-corrected chi connectivity index (χ1v) is 8.03. The van der Waals surface area contributed by atoms with Crippen molar-refractivity contribution in [2.75, 3.05) is 10.6 Å². The number of hydrogen-bond donors (Lipinski definition) is 2. The number of aromatic nitrogens is 3. The van der Waals surface area contributed by atoms with Crippen LogP contribution in [0.4, 0.5) is 11.5 Å². The van der Waals surface area contributed by atoms with Gasteiger partial charge in [-0.3, -0.25) is 9.78 Å². The molecule has 3 rings (SSSR count). The van der Waals surface area contributed by atoms with Crippen LogP contribution in [0.2, 0.25) is 5.02 Å². The van der Waals surface area contributed by atoms with Crippen LogP contribution >= 0.6 is 11.6 Å². The van der Waals surface area contributed by atoms with Crippen LogP contribution in [0.5, 0.6) is 0 Å². The molecule has 2 heterocycles. The smallest absolute Gasteiger partial charge is 0.274 e. The van der Waals surface area contributed by atoms with Crippen LogP contribution in [0, 0.1) is 6.92 Å². The highest BCUT2D eigenvalue weighted by Gasteiger charge is 2.11. The molecule has 0 unspecified atom stereocenters. The van der Waals surface area contributed by atoms with Crippen molar-refractivity contribution in [1.29, 1.82) is 0 Å². The Morgan fingerprint density at radius 1 is 1.12 bits per heavy atom. The van der Waals surface area contributed by atoms with Crippen molar-refractivity contribution >= 4 is 29.0 Å². The first-order valence-electron chi connectivity index (χ1n) is 7.66. The van der Waals surface area contributed by atoms with Gasteiger partial charge in [0.1, 0.15) is 17.8 Å². The molecule has 0 spiro atoms. The standard InChI is InChI=1S/C18H16ClN5O/c1-12-14(19)6-4-7-15(12)24-18(25)16-9-17(23-11-22-16)21-10-13-5-2-3-8-20-13/h2-9,11H,10H2,1H3,(H,24,25)(H,21,22,23). The van der Waals surface area contributed by atoms with Gasteiger partial charge in [-0.15, -0.1) is 0 Å². The van der Waals surface area contributed by atoms with E-state index in [0.717, 1.165) is 11.3 Å². The van der Waals surface area contributed by atoms with Gasteiger partial charge in [-0.05, 0) is 36.8 Å². The Bertz CT molecular complexity index is 886. The Labute approximate surface area is 150 Å². The summed E-state index contributed by atoms with van der Waals surface area (Å²) in [4.78, 5) is 24.8. The molecule has 0 aliphatic rings. The van der Waals surface area contributed by atoms with E-state index in [1.807, 2.05) is 25.1 Å². The number of anilines is 2. The largest absolute Gasteiger partial charge is 0.364 e. The highest BCUT2D eigenvalue weighted by Crippen LogP contribution is 2.23. The topological polar surface area (TPSA) is 79.8 Å². The van der Waals surface area contributed by atoms with Crippen molar-refractivity contribution in [3.8, 4) is 0 Å². The van der Waals surface area contributed by atoms with Crippen molar-refractivity contribution in [3.05, 3.63) is 77.0 Å². The molecule has 0 radical (unpaired) electrons. The van der Waals surface area contributed by atoms with E-state index in [-0.39, 0.29) is 11.6 Å². The Morgan fingerprint density at radius 3 is 2.80 bits per heavy atom. The van der Waals surface area contributed by atoms with Crippen LogP contribution in [0.3, 0.4) is 0 Å². The second kappa shape index (κ2) is 7.72. The van der Waals surface area contributed by atoms with E-state index in [1.54, 1.807) is 30.5 Å². The summed E-state index contributed by atoms with van der Waals surface area (Å²) >= 11 is 6.08. The lowest BCUT2D eigenvalue weighted by Gasteiger charge is -2.10. The number of nitrogens with zero attached hydrogens (tertiary/aromatic N) is 3. The number of benzene rings is 1. The minimum Gasteiger partial charge on any atom is -0.364 e. The van der Waals surface area contributed by atoms with Crippen LogP contribution in [0.25, 0.3) is 0 Å². The van der Waals surface area contributed by atoms with Gasteiger partial charge >= 0.3 is 0 Å². The summed E-state index contributed by atoms with van der Waals surface area (Å²) in [5.74, 6) is 0.224. The first kappa shape index (κ1) is 16.9. The molecule has 2 N–H and O–H groups in total. The second-order valence-electron chi connectivity index (χ2n) is 5.33. The van der Waals surface area contributed by atoms with E-state index >= 15 is 0 Å². The lowest BCUT2D eigenvalue weighted by Crippen LogP contribution is -2.15. The van der Waals surface area contributed by atoms with E-state index in [9.17, 15) is 4.79 Å². The van der Waals surface area contributed by atoms with Gasteiger partial charge in [-0.25, -0.2) is 9.97 Å². The summed E-state index contributed by atoms with van der Waals surface area (Å²) in [6.07, 6.45) is 3.07. The zero-order chi connectivity index (χ0) is 17.6. The first-order chi connectivity index (χ1) is 12.1. The fourth-order valence-corrected chi connectivity index (χ4v) is 2.37. The van der Waals surface area contributed by atoms with Crippen LogP contribution in [-0.4, -0.2) is 20.9 Å². The third kappa shape index (κ3) is 4.30. The summed E-state index contributed by atoms with van der Waals surface area (Å²) in [5, 5.41) is 6.54. The summed E-state index contributed by atoms with van der Waals surface area (Å²) in [5.41, 5.74) is 2.60. The monoisotopic (exact) mass is 353 g/mol. The molecule has 0 saturated heterocycles. The van der Waals surface area contributed by atoms with Gasteiger partial charge < -0.3 is 10.6 Å². The van der Waals surface area contributed by atoms with Gasteiger partial charge in [0, 0.05) is 23.0 Å². The number of carbonyl (C=O) groups excluding carboxylic acids is 1. The van der Waals surface area contributed by atoms with Crippen molar-refractivity contribution in [2.24, 2.45) is 0 Å². The number of amides is 1. The molecule has 3 aromatic rings. The van der Waals surface area contributed by atoms with Crippen molar-refractivity contribution in [1.82, 2.24) is 15.0 Å². The van der Waals surface area contributed by atoms with Crippen LogP contribution < -0.4 is 10.6 Å². The Morgan fingerprint density at radius 2 is 2.00 bits per heavy atom. The molecule has 0 bridgehead atoms. The Hall–Kier alpha value is -2.99. The Kier molecular flexibility index (Phi) is 5.20. The number of nitrogens with one attached hydrogen (secondary N) is 2. The lowest BCUT2D eigenvalue weighted by atomic mass is 10.2. The van der Waals surface area contributed by atoms with E-state index in [4.69, 9.17) is 11.6 Å². The van der Waals surface area contributed by atoms with Gasteiger partial charge in [0.15, 0.2) is 0 Å². The number of rotatable bonds is 5. The molecule has 6 nitrogen and oxygen atoms in total. The van der Waals surface area contributed by atoms with Crippen LogP contribution in [-0.2, 0) is 6.54 Å². The van der Waals surface area contributed by atoms with Gasteiger partial charge in [0.2, 0.25) is 0 Å². The SMILES string of the molecule is Cc1c(Cl)cccc1NC(=O)c1cc(NCc2ccccn2)ncn1. The molecule has 0 aliphatic carbocycles. The minimum atomic E-state index is -0.325. The molecule has 0 aliphatic heterocycles. The maximum atomic E-state index is 12.4. The number of pyridine rings is 1. The number of hydrogen-bond acceptors (Lipinski definition) is 5. The number of carbonyl (C=O) groups is 1. The summed E-state index contributed by atoms with van der Waals surface area (Å²) in [6.45, 7) is 2.35. The van der Waals surface area contributed by atoms with Crippen molar-refractivity contribution in [2.45, 2.75) is 13.5 Å². The van der Waals surface area contributed by atoms with E-state index in [0.29, 0.717) is 23.1 Å². The molecule has 7 heteroatoms. The van der Waals surface area contributed by atoms with E-state index in [2.05, 4.69) is 25.6 Å². The molecular formula is C18H16ClN5O. The predicted molar refractivity (Wildman–Crippen MR) is 97.7 cm³/mol. The summed E-state index contributed by atoms with van der Waals surface area (Å²) < 4.78 is 0. The maximum absolute atomic E-state index is 12.4. The molecule has 0 fully saturated rings. The van der Waals surface area contributed by atoms with E-state index < -0.39 is 0 Å². The minimum absolute atomic E-state index is 0.262. The zero-order valence-electron chi connectivity index (χ0n) is 13.5. The molecule has 1 amide bonds. The fraction of sp³-hybridized carbons (Fsp3) is 0.111. The summed E-state index contributed by atoms with van der Waals surface area (Å²) in [7, 11) is 0. The number of halogens is 1. The van der Waals surface area contributed by atoms with Crippen molar-refractivity contribution < 1.29 is 4.79 Å². The van der Waals surface area contributed by atoms with Gasteiger partial charge in [0.25, 0.3) is 5.91 Å². The average molecular weight is 354 g/mol. The molecule has 1 aromatic carbocycles. The summed E-state index contributed by atoms with van der Waals surface area (Å²) in [6, 6.07) is 12.6. The lowest BCUT2D eigenvalue weighted by molar-refractivity contribution is 0.102. The van der Waals surface area contributed by atoms with Gasteiger partial charge in [-0.1, -0.05) is 23.7 Å². The molecule has 25 heavy (non-hydrogen) atoms. The molecule has 2 aromatic heterocycles. The van der Waals surface area contributed by atoms with Gasteiger partial charge in [-0.2, -0.15) is 0 Å². The third-order valence-electron chi connectivity index (χ3n) is 3.59. The highest BCUT2D eigenvalue weighted by atomic mass is 35.5. The maximum Gasteiger partial charge on any atom is 0.274 e. The van der Waals surface area contributed by atoms with Crippen LogP contribution in [0.1, 0.15) is 21.7 Å². The molecule has 0 atom stereocenters. The zero-order valence-corrected chi connectivity index (χ0v) is 14.3. The van der Waals surface area contributed by atoms with Crippen molar-refractivity contribution in [3.63, 3.8) is 0 Å². The van der Waals surface area contributed by atoms with E-state index in [1.165, 1.54) is 6.33 Å². The highest BCUT2D eigenvalue weighted by molar-refractivity contribution is 6.31. The van der Waals surface area contributed by atoms with Gasteiger partial charge in [0.05, 0.1) is 12.2 Å². The second-order valence-corrected chi connectivity index (χ2v) is 5.74. The predicted octanol–water partition coefficient (Wildman–Crippen LogP) is 3.70. The fourth-order valence-electron chi connectivity index (χ4n) is 2.19. The molecule has 0 saturated carbocycles. The Balaban J connectivity index is 1.70. The molecule has 126 valence electrons. The van der Waals surface area contributed by atoms with Crippen LogP contribution in [0.15, 0.2) is 55.0 Å². The molecular weight excluding hydrogens is 338 g/mol. The normalized spacial score (nSPS) is 10.3.